The summed E-state index contributed by atoms with van der Waals surface area (Å²) in [5.41, 5.74) is 0.162. The van der Waals surface area contributed by atoms with Gasteiger partial charge in [-0.05, 0) is 48.5 Å². The highest BCUT2D eigenvalue weighted by Gasteiger charge is 2.29. The van der Waals surface area contributed by atoms with Gasteiger partial charge in [0, 0.05) is 11.3 Å². The van der Waals surface area contributed by atoms with E-state index in [0.29, 0.717) is 17.2 Å². The SMILES string of the molecule is O=C(COc1ccc(-c2nnco2)cc1)Nc1ccc(C(F)(F)F)cc1. The number of carbonyl (C=O) groups excluding carboxylic acids is 1. The van der Waals surface area contributed by atoms with Gasteiger partial charge in [-0.3, -0.25) is 4.79 Å². The van der Waals surface area contributed by atoms with Crippen LogP contribution in [0.25, 0.3) is 11.5 Å². The van der Waals surface area contributed by atoms with Crippen LogP contribution in [0.3, 0.4) is 0 Å². The second-order valence-corrected chi connectivity index (χ2v) is 5.18. The van der Waals surface area contributed by atoms with Crippen LogP contribution in [-0.2, 0) is 11.0 Å². The van der Waals surface area contributed by atoms with Crippen molar-refractivity contribution < 1.29 is 27.1 Å². The van der Waals surface area contributed by atoms with Gasteiger partial charge < -0.3 is 14.5 Å². The number of amides is 1. The minimum atomic E-state index is -4.42. The Kier molecular flexibility index (Phi) is 4.87. The van der Waals surface area contributed by atoms with Crippen molar-refractivity contribution in [1.82, 2.24) is 10.2 Å². The molecule has 0 aliphatic carbocycles. The fourth-order valence-electron chi connectivity index (χ4n) is 2.08. The maximum absolute atomic E-state index is 12.5. The van der Waals surface area contributed by atoms with E-state index < -0.39 is 17.6 Å². The van der Waals surface area contributed by atoms with Gasteiger partial charge in [-0.2, -0.15) is 13.2 Å². The lowest BCUT2D eigenvalue weighted by Gasteiger charge is -2.09. The van der Waals surface area contributed by atoms with Crippen LogP contribution >= 0.6 is 0 Å². The number of carbonyl (C=O) groups is 1. The van der Waals surface area contributed by atoms with E-state index in [1.54, 1.807) is 24.3 Å². The molecule has 0 atom stereocenters. The second-order valence-electron chi connectivity index (χ2n) is 5.18. The molecule has 0 radical (unpaired) electrons. The van der Waals surface area contributed by atoms with Crippen molar-refractivity contribution in [2.24, 2.45) is 0 Å². The lowest BCUT2D eigenvalue weighted by atomic mass is 10.2. The van der Waals surface area contributed by atoms with E-state index in [0.717, 1.165) is 12.1 Å². The molecule has 1 N–H and O–H groups in total. The monoisotopic (exact) mass is 363 g/mol. The highest BCUT2D eigenvalue weighted by molar-refractivity contribution is 5.91. The summed E-state index contributed by atoms with van der Waals surface area (Å²) in [6.07, 6.45) is -3.20. The van der Waals surface area contributed by atoms with Gasteiger partial charge in [0.1, 0.15) is 5.75 Å². The first-order valence-electron chi connectivity index (χ1n) is 7.38. The molecule has 0 aliphatic rings. The van der Waals surface area contributed by atoms with Crippen LogP contribution in [0, 0.1) is 0 Å². The average Bonchev–Trinajstić information content (AvgIpc) is 3.15. The van der Waals surface area contributed by atoms with Crippen molar-refractivity contribution >= 4 is 11.6 Å². The minimum Gasteiger partial charge on any atom is -0.484 e. The summed E-state index contributed by atoms with van der Waals surface area (Å²) >= 11 is 0. The van der Waals surface area contributed by atoms with Gasteiger partial charge in [0.15, 0.2) is 6.61 Å². The van der Waals surface area contributed by atoms with Crippen molar-refractivity contribution in [3.8, 4) is 17.2 Å². The molecule has 0 bridgehead atoms. The van der Waals surface area contributed by atoms with Gasteiger partial charge in [-0.15, -0.1) is 10.2 Å². The molecular formula is C17H12F3N3O3. The summed E-state index contributed by atoms with van der Waals surface area (Å²) in [5, 5.41) is 9.80. The average molecular weight is 363 g/mol. The Bertz CT molecular complexity index is 861. The van der Waals surface area contributed by atoms with Crippen molar-refractivity contribution in [1.29, 1.82) is 0 Å². The molecule has 3 aromatic rings. The molecular weight excluding hydrogens is 351 g/mol. The van der Waals surface area contributed by atoms with Crippen LogP contribution in [-0.4, -0.2) is 22.7 Å². The molecule has 0 aliphatic heterocycles. The fraction of sp³-hybridized carbons (Fsp3) is 0.118. The van der Waals surface area contributed by atoms with E-state index in [-0.39, 0.29) is 12.3 Å². The third-order valence-electron chi connectivity index (χ3n) is 3.33. The second kappa shape index (κ2) is 7.26. The normalized spacial score (nSPS) is 11.2. The number of halogens is 3. The van der Waals surface area contributed by atoms with Gasteiger partial charge >= 0.3 is 6.18 Å². The summed E-state index contributed by atoms with van der Waals surface area (Å²) < 4.78 is 47.9. The largest absolute Gasteiger partial charge is 0.484 e. The highest BCUT2D eigenvalue weighted by Crippen LogP contribution is 2.29. The molecule has 9 heteroatoms. The van der Waals surface area contributed by atoms with Gasteiger partial charge in [-0.25, -0.2) is 0 Å². The van der Waals surface area contributed by atoms with Crippen LogP contribution in [0.5, 0.6) is 5.75 Å². The van der Waals surface area contributed by atoms with Crippen LogP contribution in [0.2, 0.25) is 0 Å². The van der Waals surface area contributed by atoms with E-state index in [9.17, 15) is 18.0 Å². The van der Waals surface area contributed by atoms with E-state index in [1.165, 1.54) is 18.5 Å². The van der Waals surface area contributed by atoms with Crippen LogP contribution in [0.15, 0.2) is 59.3 Å². The third-order valence-corrected chi connectivity index (χ3v) is 3.33. The standard InChI is InChI=1S/C17H12F3N3O3/c18-17(19,20)12-3-5-13(6-4-12)22-15(24)9-25-14-7-1-11(2-8-14)16-23-21-10-26-16/h1-8,10H,9H2,(H,22,24). The molecule has 0 unspecified atom stereocenters. The number of hydrogen-bond donors (Lipinski definition) is 1. The highest BCUT2D eigenvalue weighted by atomic mass is 19.4. The Morgan fingerprint density at radius 3 is 2.35 bits per heavy atom. The zero-order valence-electron chi connectivity index (χ0n) is 13.2. The molecule has 0 fully saturated rings. The first-order chi connectivity index (χ1) is 12.4. The zero-order valence-corrected chi connectivity index (χ0v) is 13.2. The molecule has 134 valence electrons. The number of rotatable bonds is 5. The maximum Gasteiger partial charge on any atom is 0.416 e. The van der Waals surface area contributed by atoms with Crippen LogP contribution in [0.1, 0.15) is 5.56 Å². The molecule has 3 rings (SSSR count). The van der Waals surface area contributed by atoms with Crippen molar-refractivity contribution in [3.05, 3.63) is 60.5 Å². The zero-order chi connectivity index (χ0) is 18.6. The first-order valence-corrected chi connectivity index (χ1v) is 7.38. The number of nitrogens with zero attached hydrogens (tertiary/aromatic N) is 2. The summed E-state index contributed by atoms with van der Waals surface area (Å²) in [6.45, 7) is -0.291. The van der Waals surface area contributed by atoms with Crippen LogP contribution in [0.4, 0.5) is 18.9 Å². The van der Waals surface area contributed by atoms with Gasteiger partial charge in [0.25, 0.3) is 5.91 Å². The smallest absolute Gasteiger partial charge is 0.416 e. The molecule has 0 saturated carbocycles. The fourth-order valence-corrected chi connectivity index (χ4v) is 2.08. The Morgan fingerprint density at radius 1 is 1.08 bits per heavy atom. The quantitative estimate of drug-likeness (QED) is 0.747. The van der Waals surface area contributed by atoms with Gasteiger partial charge in [0.2, 0.25) is 12.3 Å². The molecule has 1 heterocycles. The van der Waals surface area contributed by atoms with Crippen molar-refractivity contribution in [3.63, 3.8) is 0 Å². The lowest BCUT2D eigenvalue weighted by molar-refractivity contribution is -0.137. The number of ether oxygens (including phenoxy) is 1. The van der Waals surface area contributed by atoms with Gasteiger partial charge in [0.05, 0.1) is 5.56 Å². The number of aromatic nitrogens is 2. The Hall–Kier alpha value is -3.36. The first kappa shape index (κ1) is 17.5. The summed E-state index contributed by atoms with van der Waals surface area (Å²) in [4.78, 5) is 11.8. The maximum atomic E-state index is 12.5. The predicted octanol–water partition coefficient (Wildman–Crippen LogP) is 3.77. The number of alkyl halides is 3. The van der Waals surface area contributed by atoms with Gasteiger partial charge in [-0.1, -0.05) is 0 Å². The van der Waals surface area contributed by atoms with E-state index in [4.69, 9.17) is 9.15 Å². The molecule has 6 nitrogen and oxygen atoms in total. The Morgan fingerprint density at radius 2 is 1.77 bits per heavy atom. The molecule has 0 saturated heterocycles. The number of anilines is 1. The summed E-state index contributed by atoms with van der Waals surface area (Å²) in [5.74, 6) is 0.304. The number of benzene rings is 2. The van der Waals surface area contributed by atoms with Crippen LogP contribution < -0.4 is 10.1 Å². The Balaban J connectivity index is 1.52. The molecule has 26 heavy (non-hydrogen) atoms. The molecule has 1 aromatic heterocycles. The summed E-state index contributed by atoms with van der Waals surface area (Å²) in [7, 11) is 0. The van der Waals surface area contributed by atoms with Crippen molar-refractivity contribution in [2.45, 2.75) is 6.18 Å². The minimum absolute atomic E-state index is 0.248. The van der Waals surface area contributed by atoms with E-state index in [2.05, 4.69) is 15.5 Å². The van der Waals surface area contributed by atoms with Crippen molar-refractivity contribution in [2.75, 3.05) is 11.9 Å². The van der Waals surface area contributed by atoms with E-state index >= 15 is 0 Å². The molecule has 0 spiro atoms. The van der Waals surface area contributed by atoms with E-state index in [1.807, 2.05) is 0 Å². The number of hydrogen-bond acceptors (Lipinski definition) is 5. The molecule has 2 aromatic carbocycles. The molecule has 1 amide bonds. The topological polar surface area (TPSA) is 77.2 Å². The lowest BCUT2D eigenvalue weighted by Crippen LogP contribution is -2.20. The number of nitrogens with one attached hydrogen (secondary N) is 1. The Labute approximate surface area is 145 Å². The predicted molar refractivity (Wildman–Crippen MR) is 85.3 cm³/mol. The summed E-state index contributed by atoms with van der Waals surface area (Å²) in [6, 6.07) is 10.8. The third kappa shape index (κ3) is 4.38.